The highest BCUT2D eigenvalue weighted by Crippen LogP contribution is 2.49. The van der Waals surface area contributed by atoms with Gasteiger partial charge in [0.15, 0.2) is 6.29 Å². The van der Waals surface area contributed by atoms with Crippen molar-refractivity contribution in [1.82, 2.24) is 4.57 Å². The number of ether oxygens (including phenoxy) is 1. The van der Waals surface area contributed by atoms with Crippen molar-refractivity contribution in [2.75, 3.05) is 7.11 Å². The fourth-order valence-corrected chi connectivity index (χ4v) is 4.51. The molecular weight excluding hydrogens is 330 g/mol. The highest BCUT2D eigenvalue weighted by Gasteiger charge is 2.48. The smallest absolute Gasteiger partial charge is 0.216 e. The van der Waals surface area contributed by atoms with Gasteiger partial charge >= 0.3 is 0 Å². The topological polar surface area (TPSA) is 68.5 Å². The number of hydrogen-bond acceptors (Lipinski definition) is 4. The highest BCUT2D eigenvalue weighted by molar-refractivity contribution is 6.20. The van der Waals surface area contributed by atoms with E-state index in [1.807, 2.05) is 22.9 Å². The Balaban J connectivity index is 1.78. The first-order valence-corrected chi connectivity index (χ1v) is 8.86. The number of aliphatic hydroxyl groups is 1. The number of aromatic nitrogens is 1. The van der Waals surface area contributed by atoms with Crippen molar-refractivity contribution in [2.45, 2.75) is 37.1 Å². The molecule has 1 aromatic heterocycles. The number of benzene rings is 1. The fraction of sp³-hybridized carbons (Fsp3) is 0.333. The first-order chi connectivity index (χ1) is 12.6. The lowest BCUT2D eigenvalue weighted by molar-refractivity contribution is -0.105. The van der Waals surface area contributed by atoms with Gasteiger partial charge < -0.3 is 14.4 Å². The molecule has 2 aromatic rings. The van der Waals surface area contributed by atoms with Crippen LogP contribution >= 0.6 is 0 Å². The summed E-state index contributed by atoms with van der Waals surface area (Å²) in [6, 6.07) is 11.5. The second kappa shape index (κ2) is 6.16. The number of rotatable bonds is 3. The number of hydrogen-bond donors (Lipinski definition) is 1. The van der Waals surface area contributed by atoms with E-state index in [0.717, 1.165) is 18.6 Å². The van der Waals surface area contributed by atoms with Gasteiger partial charge in [-0.2, -0.15) is 0 Å². The predicted octanol–water partition coefficient (Wildman–Crippen LogP) is 3.76. The molecule has 1 aromatic carbocycles. The maximum Gasteiger partial charge on any atom is 0.216 e. The molecule has 1 aliphatic carbocycles. The SMILES string of the molecule is COc1ccc(C2CCCC3(C2)C(O)=C(C=O)C(=O)c2cccn23)cc1. The average molecular weight is 351 g/mol. The largest absolute Gasteiger partial charge is 0.509 e. The third kappa shape index (κ3) is 2.30. The molecule has 2 aliphatic rings. The van der Waals surface area contributed by atoms with Gasteiger partial charge in [-0.05, 0) is 55.0 Å². The van der Waals surface area contributed by atoms with E-state index < -0.39 is 11.3 Å². The summed E-state index contributed by atoms with van der Waals surface area (Å²) in [6.07, 6.45) is 5.59. The lowest BCUT2D eigenvalue weighted by atomic mass is 9.69. The van der Waals surface area contributed by atoms with Gasteiger partial charge in [0.2, 0.25) is 5.78 Å². The van der Waals surface area contributed by atoms with E-state index in [9.17, 15) is 14.7 Å². The van der Waals surface area contributed by atoms with Crippen LogP contribution in [0.5, 0.6) is 5.75 Å². The van der Waals surface area contributed by atoms with Gasteiger partial charge in [0.1, 0.15) is 22.6 Å². The quantitative estimate of drug-likeness (QED) is 0.675. The van der Waals surface area contributed by atoms with E-state index in [4.69, 9.17) is 4.74 Å². The summed E-state index contributed by atoms with van der Waals surface area (Å²) in [5, 5.41) is 10.9. The Hall–Kier alpha value is -2.82. The molecule has 5 nitrogen and oxygen atoms in total. The number of nitrogens with zero attached hydrogens (tertiary/aromatic N) is 1. The molecule has 1 fully saturated rings. The molecular formula is C21H21NO4. The minimum Gasteiger partial charge on any atom is -0.509 e. The minimum absolute atomic E-state index is 0.0839. The molecule has 0 saturated heterocycles. The Morgan fingerprint density at radius 1 is 1.27 bits per heavy atom. The average Bonchev–Trinajstić information content (AvgIpc) is 3.18. The van der Waals surface area contributed by atoms with Crippen LogP contribution in [0.3, 0.4) is 0 Å². The molecule has 2 atom stereocenters. The van der Waals surface area contributed by atoms with Crippen LogP contribution in [0.4, 0.5) is 0 Å². The molecule has 5 heteroatoms. The van der Waals surface area contributed by atoms with Crippen molar-refractivity contribution in [3.05, 3.63) is 65.2 Å². The van der Waals surface area contributed by atoms with Gasteiger partial charge in [0, 0.05) is 6.20 Å². The predicted molar refractivity (Wildman–Crippen MR) is 96.7 cm³/mol. The number of fused-ring (bicyclic) bond motifs is 2. The van der Waals surface area contributed by atoms with Gasteiger partial charge in [-0.15, -0.1) is 0 Å². The zero-order valence-corrected chi connectivity index (χ0v) is 14.6. The lowest BCUT2D eigenvalue weighted by Crippen LogP contribution is -2.45. The Kier molecular flexibility index (Phi) is 3.94. The van der Waals surface area contributed by atoms with E-state index >= 15 is 0 Å². The number of carbonyl (C=O) groups excluding carboxylic acids is 2. The molecule has 2 heterocycles. The monoisotopic (exact) mass is 351 g/mol. The van der Waals surface area contributed by atoms with Crippen molar-refractivity contribution in [3.63, 3.8) is 0 Å². The number of carbonyl (C=O) groups is 2. The summed E-state index contributed by atoms with van der Waals surface area (Å²) in [7, 11) is 1.64. The van der Waals surface area contributed by atoms with Crippen molar-refractivity contribution < 1.29 is 19.4 Å². The Bertz CT molecular complexity index is 893. The summed E-state index contributed by atoms with van der Waals surface area (Å²) in [6.45, 7) is 0. The number of aldehydes is 1. The van der Waals surface area contributed by atoms with Crippen molar-refractivity contribution in [1.29, 1.82) is 0 Å². The van der Waals surface area contributed by atoms with Crippen LogP contribution in [0.1, 0.15) is 47.7 Å². The van der Waals surface area contributed by atoms with Crippen molar-refractivity contribution in [2.24, 2.45) is 0 Å². The molecule has 0 radical (unpaired) electrons. The van der Waals surface area contributed by atoms with Crippen LogP contribution < -0.4 is 4.74 Å². The molecule has 4 rings (SSSR count). The minimum atomic E-state index is -0.730. The summed E-state index contributed by atoms with van der Waals surface area (Å²) in [5.74, 6) is 0.550. The molecule has 1 saturated carbocycles. The zero-order valence-electron chi connectivity index (χ0n) is 14.6. The number of methoxy groups -OCH3 is 1. The van der Waals surface area contributed by atoms with Gasteiger partial charge in [0.05, 0.1) is 12.8 Å². The van der Waals surface area contributed by atoms with E-state index in [-0.39, 0.29) is 17.3 Å². The van der Waals surface area contributed by atoms with Gasteiger partial charge in [-0.3, -0.25) is 9.59 Å². The van der Waals surface area contributed by atoms with Crippen LogP contribution in [0.2, 0.25) is 0 Å². The molecule has 1 N–H and O–H groups in total. The molecule has 134 valence electrons. The van der Waals surface area contributed by atoms with Crippen molar-refractivity contribution in [3.8, 4) is 5.75 Å². The maximum absolute atomic E-state index is 12.5. The summed E-state index contributed by atoms with van der Waals surface area (Å²) < 4.78 is 7.10. The van der Waals surface area contributed by atoms with Crippen molar-refractivity contribution >= 4 is 12.1 Å². The Morgan fingerprint density at radius 2 is 2.04 bits per heavy atom. The van der Waals surface area contributed by atoms with Gasteiger partial charge in [-0.25, -0.2) is 0 Å². The van der Waals surface area contributed by atoms with Crippen LogP contribution in [0, 0.1) is 0 Å². The lowest BCUT2D eigenvalue weighted by Gasteiger charge is -2.45. The molecule has 2 unspecified atom stereocenters. The third-order valence-electron chi connectivity index (χ3n) is 5.82. The van der Waals surface area contributed by atoms with E-state index in [2.05, 4.69) is 12.1 Å². The van der Waals surface area contributed by atoms with Crippen LogP contribution in [-0.2, 0) is 10.3 Å². The summed E-state index contributed by atoms with van der Waals surface area (Å²) in [5.41, 5.74) is 0.814. The number of aliphatic hydroxyl groups excluding tert-OH is 1. The summed E-state index contributed by atoms with van der Waals surface area (Å²) >= 11 is 0. The molecule has 0 bridgehead atoms. The molecule has 0 amide bonds. The van der Waals surface area contributed by atoms with E-state index in [1.54, 1.807) is 19.2 Å². The highest BCUT2D eigenvalue weighted by atomic mass is 16.5. The third-order valence-corrected chi connectivity index (χ3v) is 5.82. The second-order valence-electron chi connectivity index (χ2n) is 7.07. The maximum atomic E-state index is 12.5. The van der Waals surface area contributed by atoms with Gasteiger partial charge in [-0.1, -0.05) is 18.6 Å². The zero-order chi connectivity index (χ0) is 18.3. The van der Waals surface area contributed by atoms with Crippen LogP contribution in [0.25, 0.3) is 0 Å². The number of allylic oxidation sites excluding steroid dienone is 2. The summed E-state index contributed by atoms with van der Waals surface area (Å²) in [4.78, 5) is 24.0. The fourth-order valence-electron chi connectivity index (χ4n) is 4.51. The van der Waals surface area contributed by atoms with E-state index in [1.165, 1.54) is 5.56 Å². The molecule has 1 aliphatic heterocycles. The first-order valence-electron chi connectivity index (χ1n) is 8.86. The number of Topliss-reactive ketones (excluding diaryl/α,β-unsaturated/α-hetero) is 1. The van der Waals surface area contributed by atoms with Crippen LogP contribution in [0.15, 0.2) is 53.9 Å². The van der Waals surface area contributed by atoms with E-state index in [0.29, 0.717) is 24.8 Å². The molecule has 26 heavy (non-hydrogen) atoms. The first kappa shape index (κ1) is 16.6. The van der Waals surface area contributed by atoms with Gasteiger partial charge in [0.25, 0.3) is 0 Å². The second-order valence-corrected chi connectivity index (χ2v) is 7.07. The van der Waals surface area contributed by atoms with Crippen LogP contribution in [-0.4, -0.2) is 28.9 Å². The molecule has 1 spiro atoms. The number of ketones is 1. The Morgan fingerprint density at radius 3 is 2.73 bits per heavy atom. The standard InChI is InChI=1S/C21H21NO4/c1-26-16-8-6-14(7-9-16)15-4-2-10-21(12-15)20(25)17(13-23)19(24)18-5-3-11-22(18)21/h3,5-9,11,13,15,25H,2,4,10,12H2,1H3. The normalized spacial score (nSPS) is 25.3. The Labute approximate surface area is 151 Å².